The van der Waals surface area contributed by atoms with E-state index in [1.165, 1.54) is 5.56 Å². The van der Waals surface area contributed by atoms with Crippen LogP contribution in [0.15, 0.2) is 46.9 Å². The molecule has 0 spiro atoms. The maximum atomic E-state index is 12.4. The number of anilines is 2. The first-order valence-electron chi connectivity index (χ1n) is 8.47. The third-order valence-corrected chi connectivity index (χ3v) is 4.12. The molecule has 0 radical (unpaired) electrons. The normalized spacial score (nSPS) is 12.4. The first-order chi connectivity index (χ1) is 11.9. The van der Waals surface area contributed by atoms with Crippen LogP contribution in [0.5, 0.6) is 0 Å². The van der Waals surface area contributed by atoms with E-state index in [2.05, 4.69) is 29.5 Å². The molecule has 25 heavy (non-hydrogen) atoms. The van der Waals surface area contributed by atoms with E-state index in [0.717, 1.165) is 22.5 Å². The largest absolute Gasteiger partial charge is 0.441 e. The minimum Gasteiger partial charge on any atom is -0.441 e. The molecule has 2 N–H and O–H groups in total. The summed E-state index contributed by atoms with van der Waals surface area (Å²) in [6.07, 6.45) is 0. The summed E-state index contributed by atoms with van der Waals surface area (Å²) in [6.45, 7) is 7.93. The summed E-state index contributed by atoms with van der Waals surface area (Å²) in [7, 11) is 0. The van der Waals surface area contributed by atoms with Crippen LogP contribution in [-0.4, -0.2) is 16.9 Å². The Kier molecular flexibility index (Phi) is 4.74. The maximum absolute atomic E-state index is 12.4. The lowest BCUT2D eigenvalue weighted by Gasteiger charge is -2.15. The number of carbonyl (C=O) groups excluding carboxylic acids is 1. The SMILES string of the molecule is Cc1nc2cc(NC(C)C(=O)Nc3ccc(C(C)C)cc3)ccc2o1. The van der Waals surface area contributed by atoms with Crippen molar-refractivity contribution in [1.82, 2.24) is 4.98 Å². The number of nitrogens with zero attached hydrogens (tertiary/aromatic N) is 1. The highest BCUT2D eigenvalue weighted by atomic mass is 16.3. The number of hydrogen-bond acceptors (Lipinski definition) is 4. The van der Waals surface area contributed by atoms with E-state index in [1.807, 2.05) is 56.3 Å². The second kappa shape index (κ2) is 6.97. The Bertz CT molecular complexity index is 882. The zero-order chi connectivity index (χ0) is 18.0. The van der Waals surface area contributed by atoms with Gasteiger partial charge < -0.3 is 15.1 Å². The molecule has 2 aromatic carbocycles. The van der Waals surface area contributed by atoms with E-state index in [0.29, 0.717) is 11.8 Å². The van der Waals surface area contributed by atoms with Crippen LogP contribution in [0.3, 0.4) is 0 Å². The Morgan fingerprint density at radius 1 is 1.04 bits per heavy atom. The van der Waals surface area contributed by atoms with Crippen LogP contribution in [0.4, 0.5) is 11.4 Å². The number of hydrogen-bond donors (Lipinski definition) is 2. The summed E-state index contributed by atoms with van der Waals surface area (Å²) in [5.74, 6) is 1.01. The van der Waals surface area contributed by atoms with Crippen LogP contribution in [0.1, 0.15) is 38.1 Å². The molecular formula is C20H23N3O2. The van der Waals surface area contributed by atoms with Crippen LogP contribution in [0.2, 0.25) is 0 Å². The molecule has 0 saturated heterocycles. The fourth-order valence-corrected chi connectivity index (χ4v) is 2.65. The third kappa shape index (κ3) is 3.99. The van der Waals surface area contributed by atoms with Gasteiger partial charge in [0, 0.05) is 18.3 Å². The van der Waals surface area contributed by atoms with Crippen LogP contribution in [0.25, 0.3) is 11.1 Å². The number of rotatable bonds is 5. The number of fused-ring (bicyclic) bond motifs is 1. The molecule has 0 fully saturated rings. The number of aryl methyl sites for hydroxylation is 1. The first kappa shape index (κ1) is 17.0. The molecule has 1 heterocycles. The number of amides is 1. The second-order valence-electron chi connectivity index (χ2n) is 6.55. The Hall–Kier alpha value is -2.82. The van der Waals surface area contributed by atoms with Crippen LogP contribution in [0, 0.1) is 6.92 Å². The summed E-state index contributed by atoms with van der Waals surface area (Å²) in [6, 6.07) is 13.2. The molecule has 3 aromatic rings. The van der Waals surface area contributed by atoms with Crippen molar-refractivity contribution >= 4 is 28.4 Å². The van der Waals surface area contributed by atoms with Crippen LogP contribution >= 0.6 is 0 Å². The molecule has 1 atom stereocenters. The van der Waals surface area contributed by atoms with E-state index < -0.39 is 0 Å². The van der Waals surface area contributed by atoms with E-state index >= 15 is 0 Å². The zero-order valence-electron chi connectivity index (χ0n) is 15.0. The maximum Gasteiger partial charge on any atom is 0.246 e. The van der Waals surface area contributed by atoms with Gasteiger partial charge in [-0.25, -0.2) is 4.98 Å². The molecule has 5 nitrogen and oxygen atoms in total. The molecule has 3 rings (SSSR count). The van der Waals surface area contributed by atoms with Gasteiger partial charge in [0.2, 0.25) is 5.91 Å². The van der Waals surface area contributed by atoms with Crippen LogP contribution < -0.4 is 10.6 Å². The zero-order valence-corrected chi connectivity index (χ0v) is 15.0. The Labute approximate surface area is 147 Å². The first-order valence-corrected chi connectivity index (χ1v) is 8.47. The van der Waals surface area contributed by atoms with Crippen molar-refractivity contribution in [3.63, 3.8) is 0 Å². The summed E-state index contributed by atoms with van der Waals surface area (Å²) < 4.78 is 5.46. The highest BCUT2D eigenvalue weighted by molar-refractivity contribution is 5.96. The van der Waals surface area contributed by atoms with Crippen molar-refractivity contribution in [2.45, 2.75) is 39.7 Å². The molecule has 0 aliphatic rings. The number of benzene rings is 2. The fourth-order valence-electron chi connectivity index (χ4n) is 2.65. The van der Waals surface area contributed by atoms with Gasteiger partial charge in [-0.3, -0.25) is 4.79 Å². The Balaban J connectivity index is 1.64. The predicted octanol–water partition coefficient (Wildman–Crippen LogP) is 4.70. The highest BCUT2D eigenvalue weighted by Gasteiger charge is 2.14. The molecule has 1 unspecified atom stereocenters. The average Bonchev–Trinajstić information content (AvgIpc) is 2.94. The summed E-state index contributed by atoms with van der Waals surface area (Å²) in [5.41, 5.74) is 4.40. The van der Waals surface area contributed by atoms with Crippen molar-refractivity contribution in [3.05, 3.63) is 53.9 Å². The average molecular weight is 337 g/mol. The smallest absolute Gasteiger partial charge is 0.246 e. The van der Waals surface area contributed by atoms with E-state index in [9.17, 15) is 4.79 Å². The number of oxazole rings is 1. The van der Waals surface area contributed by atoms with Gasteiger partial charge in [-0.05, 0) is 48.7 Å². The van der Waals surface area contributed by atoms with Crippen molar-refractivity contribution in [2.24, 2.45) is 0 Å². The standard InChI is InChI=1S/C20H23N3O2/c1-12(2)15-5-7-16(8-6-15)23-20(24)13(3)21-17-9-10-19-18(11-17)22-14(4)25-19/h5-13,21H,1-4H3,(H,23,24). The Morgan fingerprint density at radius 2 is 1.72 bits per heavy atom. The second-order valence-corrected chi connectivity index (χ2v) is 6.55. The van der Waals surface area contributed by atoms with Crippen molar-refractivity contribution in [1.29, 1.82) is 0 Å². The van der Waals surface area contributed by atoms with Crippen LogP contribution in [-0.2, 0) is 4.79 Å². The number of aromatic nitrogens is 1. The summed E-state index contributed by atoms with van der Waals surface area (Å²) >= 11 is 0. The predicted molar refractivity (Wildman–Crippen MR) is 101 cm³/mol. The molecule has 0 saturated carbocycles. The monoisotopic (exact) mass is 337 g/mol. The minimum absolute atomic E-state index is 0.0891. The van der Waals surface area contributed by atoms with Gasteiger partial charge in [0.25, 0.3) is 0 Å². The van der Waals surface area contributed by atoms with Crippen molar-refractivity contribution in [2.75, 3.05) is 10.6 Å². The van der Waals surface area contributed by atoms with Gasteiger partial charge in [0.1, 0.15) is 11.6 Å². The molecular weight excluding hydrogens is 314 g/mol. The van der Waals surface area contributed by atoms with Gasteiger partial charge in [0.05, 0.1) is 0 Å². The quantitative estimate of drug-likeness (QED) is 0.708. The van der Waals surface area contributed by atoms with E-state index in [4.69, 9.17) is 4.42 Å². The molecule has 0 aliphatic carbocycles. The van der Waals surface area contributed by atoms with Gasteiger partial charge in [0.15, 0.2) is 11.5 Å². The van der Waals surface area contributed by atoms with E-state index in [1.54, 1.807) is 0 Å². The summed E-state index contributed by atoms with van der Waals surface area (Å²) in [4.78, 5) is 16.7. The molecule has 130 valence electrons. The summed E-state index contributed by atoms with van der Waals surface area (Å²) in [5, 5.41) is 6.13. The van der Waals surface area contributed by atoms with Crippen molar-refractivity contribution < 1.29 is 9.21 Å². The Morgan fingerprint density at radius 3 is 2.40 bits per heavy atom. The van der Waals surface area contributed by atoms with Gasteiger partial charge in [-0.2, -0.15) is 0 Å². The molecule has 0 aliphatic heterocycles. The third-order valence-electron chi connectivity index (χ3n) is 4.12. The fraction of sp³-hybridized carbons (Fsp3) is 0.300. The lowest BCUT2D eigenvalue weighted by Crippen LogP contribution is -2.31. The number of nitrogens with one attached hydrogen (secondary N) is 2. The van der Waals surface area contributed by atoms with Gasteiger partial charge in [-0.1, -0.05) is 26.0 Å². The van der Waals surface area contributed by atoms with Gasteiger partial charge >= 0.3 is 0 Å². The van der Waals surface area contributed by atoms with E-state index in [-0.39, 0.29) is 11.9 Å². The topological polar surface area (TPSA) is 67.2 Å². The minimum atomic E-state index is -0.379. The lowest BCUT2D eigenvalue weighted by atomic mass is 10.0. The molecule has 0 bridgehead atoms. The highest BCUT2D eigenvalue weighted by Crippen LogP contribution is 2.21. The molecule has 1 amide bonds. The molecule has 1 aromatic heterocycles. The van der Waals surface area contributed by atoms with Gasteiger partial charge in [-0.15, -0.1) is 0 Å². The molecule has 5 heteroatoms. The van der Waals surface area contributed by atoms with Crippen molar-refractivity contribution in [3.8, 4) is 0 Å². The lowest BCUT2D eigenvalue weighted by molar-refractivity contribution is -0.116. The number of carbonyl (C=O) groups is 1.